The zero-order chi connectivity index (χ0) is 11.6. The van der Waals surface area contributed by atoms with Crippen molar-refractivity contribution in [2.45, 2.75) is 13.8 Å². The molecule has 0 spiro atoms. The Bertz CT molecular complexity index is 397. The Morgan fingerprint density at radius 1 is 1.47 bits per heavy atom. The minimum atomic E-state index is -1.05. The van der Waals surface area contributed by atoms with Gasteiger partial charge in [-0.15, -0.1) is 0 Å². The van der Waals surface area contributed by atoms with Gasteiger partial charge in [0.1, 0.15) is 6.54 Å². The Hall–Kier alpha value is -1.85. The quantitative estimate of drug-likeness (QED) is 0.746. The van der Waals surface area contributed by atoms with Crippen LogP contribution in [0, 0.1) is 13.8 Å². The predicted octanol–water partition coefficient (Wildman–Crippen LogP) is 0.183. The number of carbonyl (C=O) groups is 2. The van der Waals surface area contributed by atoms with E-state index in [-0.39, 0.29) is 18.1 Å². The first-order chi connectivity index (χ1) is 6.93. The van der Waals surface area contributed by atoms with Gasteiger partial charge >= 0.3 is 5.97 Å². The molecule has 0 unspecified atom stereocenters. The van der Waals surface area contributed by atoms with E-state index in [1.54, 1.807) is 13.8 Å². The van der Waals surface area contributed by atoms with Crippen molar-refractivity contribution in [2.24, 2.45) is 0 Å². The number of aromatic amines is 1. The number of aromatic nitrogens is 2. The maximum atomic E-state index is 11.7. The molecular weight excluding hydrogens is 198 g/mol. The normalized spacial score (nSPS) is 10.1. The summed E-state index contributed by atoms with van der Waals surface area (Å²) >= 11 is 0. The van der Waals surface area contributed by atoms with Crippen molar-refractivity contribution in [3.63, 3.8) is 0 Å². The average molecular weight is 211 g/mol. The lowest BCUT2D eigenvalue weighted by atomic mass is 10.2. The molecule has 0 aliphatic heterocycles. The number of amides is 1. The molecule has 0 fully saturated rings. The number of rotatable bonds is 3. The van der Waals surface area contributed by atoms with Gasteiger partial charge in [-0.3, -0.25) is 14.7 Å². The molecule has 0 aliphatic rings. The second-order valence-corrected chi connectivity index (χ2v) is 3.38. The van der Waals surface area contributed by atoms with E-state index in [0.29, 0.717) is 0 Å². The van der Waals surface area contributed by atoms with E-state index in [9.17, 15) is 9.59 Å². The molecule has 0 atom stereocenters. The molecule has 0 radical (unpaired) electrons. The molecule has 1 aromatic heterocycles. The van der Waals surface area contributed by atoms with Gasteiger partial charge in [-0.1, -0.05) is 0 Å². The zero-order valence-electron chi connectivity index (χ0n) is 8.87. The van der Waals surface area contributed by atoms with Crippen molar-refractivity contribution < 1.29 is 14.7 Å². The summed E-state index contributed by atoms with van der Waals surface area (Å²) in [4.78, 5) is 23.2. The van der Waals surface area contributed by atoms with E-state index in [0.717, 1.165) is 16.2 Å². The van der Waals surface area contributed by atoms with Crippen molar-refractivity contribution in [3.8, 4) is 0 Å². The monoisotopic (exact) mass is 211 g/mol. The molecule has 82 valence electrons. The van der Waals surface area contributed by atoms with Crippen LogP contribution in [0.25, 0.3) is 0 Å². The van der Waals surface area contributed by atoms with E-state index in [2.05, 4.69) is 10.2 Å². The minimum absolute atomic E-state index is 0.274. The molecular formula is C9H13N3O3. The number of carboxylic acid groups (broad SMARTS) is 1. The van der Waals surface area contributed by atoms with Crippen LogP contribution in [0.2, 0.25) is 0 Å². The van der Waals surface area contributed by atoms with E-state index in [1.807, 2.05) is 0 Å². The van der Waals surface area contributed by atoms with Crippen LogP contribution < -0.4 is 0 Å². The highest BCUT2D eigenvalue weighted by Crippen LogP contribution is 2.10. The molecule has 0 aliphatic carbocycles. The largest absolute Gasteiger partial charge is 0.480 e. The van der Waals surface area contributed by atoms with E-state index in [4.69, 9.17) is 5.11 Å². The Labute approximate surface area is 86.9 Å². The lowest BCUT2D eigenvalue weighted by Crippen LogP contribution is -2.32. The third-order valence-corrected chi connectivity index (χ3v) is 2.17. The third kappa shape index (κ3) is 2.34. The molecule has 1 amide bonds. The highest BCUT2D eigenvalue weighted by Gasteiger charge is 2.19. The first kappa shape index (κ1) is 11.2. The van der Waals surface area contributed by atoms with Gasteiger partial charge in [0.25, 0.3) is 5.91 Å². The molecule has 0 bridgehead atoms. The van der Waals surface area contributed by atoms with Crippen LogP contribution in [0.1, 0.15) is 21.7 Å². The minimum Gasteiger partial charge on any atom is -0.480 e. The van der Waals surface area contributed by atoms with Crippen LogP contribution in [-0.4, -0.2) is 45.7 Å². The van der Waals surface area contributed by atoms with Gasteiger partial charge in [-0.05, 0) is 13.8 Å². The van der Waals surface area contributed by atoms with Crippen molar-refractivity contribution in [1.82, 2.24) is 15.1 Å². The first-order valence-corrected chi connectivity index (χ1v) is 4.42. The maximum Gasteiger partial charge on any atom is 0.323 e. The van der Waals surface area contributed by atoms with Crippen molar-refractivity contribution in [3.05, 3.63) is 17.0 Å². The Balaban J connectivity index is 2.85. The summed E-state index contributed by atoms with van der Waals surface area (Å²) < 4.78 is 0. The van der Waals surface area contributed by atoms with Gasteiger partial charge in [0.05, 0.1) is 0 Å². The Kier molecular flexibility index (Phi) is 3.08. The number of H-pyrrole nitrogens is 1. The van der Waals surface area contributed by atoms with Crippen LogP contribution in [0.4, 0.5) is 0 Å². The molecule has 6 nitrogen and oxygen atoms in total. The summed E-state index contributed by atoms with van der Waals surface area (Å²) in [6.45, 7) is 3.24. The van der Waals surface area contributed by atoms with E-state index >= 15 is 0 Å². The molecule has 1 rings (SSSR count). The van der Waals surface area contributed by atoms with Gasteiger partial charge in [0, 0.05) is 18.3 Å². The summed E-state index contributed by atoms with van der Waals surface area (Å²) in [5.41, 5.74) is 1.83. The number of carbonyl (C=O) groups excluding carboxylic acids is 1. The molecule has 2 N–H and O–H groups in total. The first-order valence-electron chi connectivity index (χ1n) is 4.42. The summed E-state index contributed by atoms with van der Waals surface area (Å²) in [5, 5.41) is 15.0. The number of nitrogens with one attached hydrogen (secondary N) is 1. The van der Waals surface area contributed by atoms with Crippen LogP contribution in [0.5, 0.6) is 0 Å². The smallest absolute Gasteiger partial charge is 0.323 e. The summed E-state index contributed by atoms with van der Waals surface area (Å²) in [6.07, 6.45) is 0. The highest BCUT2D eigenvalue weighted by atomic mass is 16.4. The Morgan fingerprint density at radius 2 is 2.07 bits per heavy atom. The lowest BCUT2D eigenvalue weighted by Gasteiger charge is -2.12. The fraction of sp³-hybridized carbons (Fsp3) is 0.444. The number of nitrogens with zero attached hydrogens (tertiary/aromatic N) is 2. The van der Waals surface area contributed by atoms with Crippen LogP contribution in [0.3, 0.4) is 0 Å². The third-order valence-electron chi connectivity index (χ3n) is 2.17. The van der Waals surface area contributed by atoms with Crippen LogP contribution in [-0.2, 0) is 4.79 Å². The van der Waals surface area contributed by atoms with Crippen molar-refractivity contribution >= 4 is 11.9 Å². The topological polar surface area (TPSA) is 86.3 Å². The van der Waals surface area contributed by atoms with Gasteiger partial charge in [-0.25, -0.2) is 0 Å². The van der Waals surface area contributed by atoms with Gasteiger partial charge < -0.3 is 10.0 Å². The molecule has 0 saturated carbocycles. The van der Waals surface area contributed by atoms with Crippen LogP contribution in [0.15, 0.2) is 0 Å². The molecule has 15 heavy (non-hydrogen) atoms. The maximum absolute atomic E-state index is 11.7. The SMILES string of the molecule is Cc1[nH]nc(C(=O)N(C)CC(=O)O)c1C. The number of hydrogen-bond acceptors (Lipinski definition) is 3. The van der Waals surface area contributed by atoms with Gasteiger partial charge in [0.15, 0.2) is 5.69 Å². The summed E-state index contributed by atoms with van der Waals surface area (Å²) in [7, 11) is 1.43. The number of carboxylic acids is 1. The molecule has 1 heterocycles. The average Bonchev–Trinajstić information content (AvgIpc) is 2.45. The number of aryl methyl sites for hydroxylation is 1. The molecule has 0 saturated heterocycles. The Morgan fingerprint density at radius 3 is 2.47 bits per heavy atom. The van der Waals surface area contributed by atoms with E-state index < -0.39 is 5.97 Å². The highest BCUT2D eigenvalue weighted by molar-refractivity contribution is 5.95. The van der Waals surface area contributed by atoms with Crippen molar-refractivity contribution in [1.29, 1.82) is 0 Å². The van der Waals surface area contributed by atoms with Gasteiger partial charge in [-0.2, -0.15) is 5.10 Å². The summed E-state index contributed by atoms with van der Waals surface area (Å²) in [6, 6.07) is 0. The number of likely N-dealkylation sites (N-methyl/N-ethyl adjacent to an activating group) is 1. The van der Waals surface area contributed by atoms with Gasteiger partial charge in [0.2, 0.25) is 0 Å². The molecule has 6 heteroatoms. The second kappa shape index (κ2) is 4.12. The standard InChI is InChI=1S/C9H13N3O3/c1-5-6(2)10-11-8(5)9(15)12(3)4-7(13)14/h4H2,1-3H3,(H,10,11)(H,13,14). The van der Waals surface area contributed by atoms with Crippen molar-refractivity contribution in [2.75, 3.05) is 13.6 Å². The summed E-state index contributed by atoms with van der Waals surface area (Å²) in [5.74, 6) is -1.44. The molecule has 1 aromatic rings. The predicted molar refractivity (Wildman–Crippen MR) is 52.7 cm³/mol. The number of hydrogen-bond donors (Lipinski definition) is 2. The second-order valence-electron chi connectivity index (χ2n) is 3.38. The lowest BCUT2D eigenvalue weighted by molar-refractivity contribution is -0.137. The van der Waals surface area contributed by atoms with Crippen LogP contribution >= 0.6 is 0 Å². The zero-order valence-corrected chi connectivity index (χ0v) is 8.87. The number of aliphatic carboxylic acids is 1. The fourth-order valence-electron chi connectivity index (χ4n) is 1.15. The molecule has 0 aromatic carbocycles. The fourth-order valence-corrected chi connectivity index (χ4v) is 1.15. The van der Waals surface area contributed by atoms with E-state index in [1.165, 1.54) is 7.05 Å².